The van der Waals surface area contributed by atoms with Crippen LogP contribution in [0.3, 0.4) is 0 Å². The molecule has 0 spiro atoms. The SMILES string of the molecule is O=C1C[C@H]2[C@H]3CC[C@@H](OCc4ccccc4)[C@H](O3)C(O)(C1)[C@H]2OCc1ccccc1. The maximum atomic E-state index is 12.5. The minimum absolute atomic E-state index is 0.0611. The lowest BCUT2D eigenvalue weighted by molar-refractivity contribution is -0.315. The van der Waals surface area contributed by atoms with Crippen LogP contribution in [0.25, 0.3) is 0 Å². The van der Waals surface area contributed by atoms with E-state index in [1.165, 1.54) is 0 Å². The van der Waals surface area contributed by atoms with Crippen molar-refractivity contribution in [2.75, 3.05) is 0 Å². The van der Waals surface area contributed by atoms with Gasteiger partial charge in [0.05, 0.1) is 31.5 Å². The Hall–Kier alpha value is -2.05. The van der Waals surface area contributed by atoms with Crippen molar-refractivity contribution in [3.05, 3.63) is 71.8 Å². The molecule has 2 aliphatic heterocycles. The normalized spacial score (nSPS) is 35.2. The Morgan fingerprint density at radius 2 is 1.57 bits per heavy atom. The summed E-state index contributed by atoms with van der Waals surface area (Å²) in [5.41, 5.74) is 0.781. The molecule has 1 aliphatic carbocycles. The summed E-state index contributed by atoms with van der Waals surface area (Å²) in [7, 11) is 0. The van der Waals surface area contributed by atoms with E-state index >= 15 is 0 Å². The van der Waals surface area contributed by atoms with Crippen LogP contribution in [-0.2, 0) is 32.2 Å². The van der Waals surface area contributed by atoms with Crippen LogP contribution in [0.5, 0.6) is 0 Å². The zero-order valence-electron chi connectivity index (χ0n) is 17.0. The van der Waals surface area contributed by atoms with Crippen molar-refractivity contribution in [1.82, 2.24) is 0 Å². The number of aliphatic hydroxyl groups is 1. The fraction of sp³-hybridized carbons (Fsp3) is 0.480. The van der Waals surface area contributed by atoms with Gasteiger partial charge in [0.25, 0.3) is 0 Å². The molecule has 5 heteroatoms. The van der Waals surface area contributed by atoms with E-state index in [1.54, 1.807) is 0 Å². The third kappa shape index (κ3) is 3.71. The highest BCUT2D eigenvalue weighted by Gasteiger charge is 2.63. The average molecular weight is 408 g/mol. The van der Waals surface area contributed by atoms with Crippen molar-refractivity contribution in [3.8, 4) is 0 Å². The maximum Gasteiger partial charge on any atom is 0.136 e. The van der Waals surface area contributed by atoms with E-state index in [4.69, 9.17) is 14.2 Å². The standard InChI is InChI=1S/C25H28O5/c26-19-13-20-21-11-12-22(28-15-17-7-3-1-4-8-17)24(30-21)25(27,14-19)23(20)29-16-18-9-5-2-6-10-18/h1-10,20-24,27H,11-16H2/t20-,21+,22+,23-,24-,25?/m0/s1. The smallest absolute Gasteiger partial charge is 0.136 e. The summed E-state index contributed by atoms with van der Waals surface area (Å²) >= 11 is 0. The average Bonchev–Trinajstić information content (AvgIpc) is 2.77. The van der Waals surface area contributed by atoms with Crippen molar-refractivity contribution < 1.29 is 24.1 Å². The summed E-state index contributed by atoms with van der Waals surface area (Å²) in [6, 6.07) is 19.9. The molecular formula is C25H28O5. The molecule has 5 nitrogen and oxygen atoms in total. The molecule has 0 radical (unpaired) electrons. The second-order valence-corrected chi connectivity index (χ2v) is 8.80. The first-order chi connectivity index (χ1) is 14.6. The minimum Gasteiger partial charge on any atom is -0.384 e. The van der Waals surface area contributed by atoms with Gasteiger partial charge in [0, 0.05) is 18.8 Å². The molecule has 3 fully saturated rings. The highest BCUT2D eigenvalue weighted by atomic mass is 16.6. The van der Waals surface area contributed by atoms with E-state index in [0.717, 1.165) is 24.0 Å². The molecule has 2 aromatic rings. The first-order valence-electron chi connectivity index (χ1n) is 10.8. The fourth-order valence-electron chi connectivity index (χ4n) is 5.37. The summed E-state index contributed by atoms with van der Waals surface area (Å²) in [6.45, 7) is 0.868. The van der Waals surface area contributed by atoms with E-state index in [1.807, 2.05) is 60.7 Å². The van der Waals surface area contributed by atoms with E-state index in [9.17, 15) is 9.90 Å². The first kappa shape index (κ1) is 19.9. The highest BCUT2D eigenvalue weighted by Crippen LogP contribution is 2.49. The van der Waals surface area contributed by atoms with E-state index < -0.39 is 17.8 Å². The summed E-state index contributed by atoms with van der Waals surface area (Å²) in [5.74, 6) is -0.0182. The van der Waals surface area contributed by atoms with Crippen LogP contribution in [0, 0.1) is 5.92 Å². The number of benzene rings is 2. The van der Waals surface area contributed by atoms with E-state index in [0.29, 0.717) is 19.6 Å². The van der Waals surface area contributed by atoms with Gasteiger partial charge in [0.15, 0.2) is 0 Å². The topological polar surface area (TPSA) is 65.0 Å². The molecular weight excluding hydrogens is 380 g/mol. The lowest BCUT2D eigenvalue weighted by atomic mass is 9.63. The van der Waals surface area contributed by atoms with Gasteiger partial charge in [-0.1, -0.05) is 60.7 Å². The molecule has 2 saturated heterocycles. The van der Waals surface area contributed by atoms with Gasteiger partial charge >= 0.3 is 0 Å². The number of fused-ring (bicyclic) bond motifs is 6. The second-order valence-electron chi connectivity index (χ2n) is 8.80. The van der Waals surface area contributed by atoms with Gasteiger partial charge in [-0.15, -0.1) is 0 Å². The molecule has 1 saturated carbocycles. The Labute approximate surface area is 177 Å². The van der Waals surface area contributed by atoms with Crippen molar-refractivity contribution in [3.63, 3.8) is 0 Å². The number of ketones is 1. The number of hydrogen-bond acceptors (Lipinski definition) is 5. The van der Waals surface area contributed by atoms with Gasteiger partial charge in [0.2, 0.25) is 0 Å². The zero-order chi connectivity index (χ0) is 20.6. The molecule has 4 bridgehead atoms. The number of ether oxygens (including phenoxy) is 3. The molecule has 5 rings (SSSR count). The van der Waals surface area contributed by atoms with Crippen LogP contribution in [0.4, 0.5) is 0 Å². The third-order valence-corrected chi connectivity index (χ3v) is 6.77. The fourth-order valence-corrected chi connectivity index (χ4v) is 5.37. The van der Waals surface area contributed by atoms with Gasteiger partial charge in [-0.2, -0.15) is 0 Å². The van der Waals surface area contributed by atoms with Crippen molar-refractivity contribution in [2.24, 2.45) is 5.92 Å². The Morgan fingerprint density at radius 3 is 2.23 bits per heavy atom. The largest absolute Gasteiger partial charge is 0.384 e. The molecule has 6 atom stereocenters. The van der Waals surface area contributed by atoms with Crippen LogP contribution in [0.15, 0.2) is 60.7 Å². The van der Waals surface area contributed by atoms with Gasteiger partial charge in [-0.25, -0.2) is 0 Å². The summed E-state index contributed by atoms with van der Waals surface area (Å²) in [5, 5.41) is 11.7. The quantitative estimate of drug-likeness (QED) is 0.793. The number of Topliss-reactive ketones (excluding diaryl/α,β-unsaturated/α-hetero) is 1. The van der Waals surface area contributed by atoms with Gasteiger partial charge in [-0.05, 0) is 24.0 Å². The Kier molecular flexibility index (Phi) is 5.46. The molecule has 0 aromatic heterocycles. The summed E-state index contributed by atoms with van der Waals surface area (Å²) in [6.07, 6.45) is 0.789. The molecule has 3 aliphatic rings. The monoisotopic (exact) mass is 408 g/mol. The maximum absolute atomic E-state index is 12.5. The molecule has 1 unspecified atom stereocenters. The van der Waals surface area contributed by atoms with Gasteiger partial charge in [0.1, 0.15) is 17.5 Å². The van der Waals surface area contributed by atoms with Crippen molar-refractivity contribution in [1.29, 1.82) is 0 Å². The van der Waals surface area contributed by atoms with Crippen LogP contribution in [0.2, 0.25) is 0 Å². The van der Waals surface area contributed by atoms with Gasteiger partial charge < -0.3 is 19.3 Å². The van der Waals surface area contributed by atoms with Crippen LogP contribution in [-0.4, -0.2) is 40.9 Å². The van der Waals surface area contributed by atoms with Crippen molar-refractivity contribution in [2.45, 2.75) is 68.9 Å². The van der Waals surface area contributed by atoms with Crippen LogP contribution in [0.1, 0.15) is 36.8 Å². The predicted octanol–water partition coefficient (Wildman–Crippen LogP) is 3.43. The van der Waals surface area contributed by atoms with Crippen LogP contribution >= 0.6 is 0 Å². The zero-order valence-corrected chi connectivity index (χ0v) is 17.0. The molecule has 2 heterocycles. The second kappa shape index (κ2) is 8.23. The molecule has 0 amide bonds. The Balaban J connectivity index is 1.36. The van der Waals surface area contributed by atoms with Gasteiger partial charge in [-0.3, -0.25) is 4.79 Å². The predicted molar refractivity (Wildman–Crippen MR) is 111 cm³/mol. The summed E-state index contributed by atoms with van der Waals surface area (Å²) in [4.78, 5) is 12.5. The minimum atomic E-state index is -1.35. The lowest BCUT2D eigenvalue weighted by Crippen LogP contribution is -2.72. The lowest BCUT2D eigenvalue weighted by Gasteiger charge is -2.58. The van der Waals surface area contributed by atoms with Crippen LogP contribution < -0.4 is 0 Å². The molecule has 2 aromatic carbocycles. The number of carbonyl (C=O) groups excluding carboxylic acids is 1. The molecule has 30 heavy (non-hydrogen) atoms. The van der Waals surface area contributed by atoms with E-state index in [2.05, 4.69) is 0 Å². The summed E-state index contributed by atoms with van der Waals surface area (Å²) < 4.78 is 18.8. The molecule has 158 valence electrons. The first-order valence-corrected chi connectivity index (χ1v) is 10.8. The number of rotatable bonds is 6. The van der Waals surface area contributed by atoms with E-state index in [-0.39, 0.29) is 30.3 Å². The highest BCUT2D eigenvalue weighted by molar-refractivity contribution is 5.81. The third-order valence-electron chi connectivity index (χ3n) is 6.77. The Bertz CT molecular complexity index is 870. The van der Waals surface area contributed by atoms with Crippen molar-refractivity contribution >= 4 is 5.78 Å². The molecule has 1 N–H and O–H groups in total. The number of carbonyl (C=O) groups is 1. The number of hydrogen-bond donors (Lipinski definition) is 1. The Morgan fingerprint density at radius 1 is 0.933 bits per heavy atom.